The van der Waals surface area contributed by atoms with E-state index >= 15 is 0 Å². The number of rotatable bonds is 5. The summed E-state index contributed by atoms with van der Waals surface area (Å²) in [6, 6.07) is 10.7. The summed E-state index contributed by atoms with van der Waals surface area (Å²) in [4.78, 5) is 29.3. The average Bonchev–Trinajstić information content (AvgIpc) is 3.40. The lowest BCUT2D eigenvalue weighted by molar-refractivity contribution is -0.149. The number of piperazine rings is 1. The lowest BCUT2D eigenvalue weighted by Gasteiger charge is -2.38. The zero-order valence-corrected chi connectivity index (χ0v) is 14.6. The van der Waals surface area contributed by atoms with Gasteiger partial charge in [0.05, 0.1) is 0 Å². The van der Waals surface area contributed by atoms with Crippen LogP contribution in [-0.4, -0.2) is 53.8 Å². The van der Waals surface area contributed by atoms with Crippen LogP contribution in [0.5, 0.6) is 0 Å². The molecule has 2 fully saturated rings. The molecule has 0 atom stereocenters. The topological polar surface area (TPSA) is 52.7 Å². The normalized spacial score (nSPS) is 19.2. The second kappa shape index (κ2) is 6.93. The highest BCUT2D eigenvalue weighted by molar-refractivity contribution is 6.04. The molecule has 1 heterocycles. The number of amides is 2. The first-order valence-corrected chi connectivity index (χ1v) is 8.83. The van der Waals surface area contributed by atoms with Crippen molar-refractivity contribution in [1.82, 2.24) is 15.1 Å². The Labute approximate surface area is 144 Å². The molecule has 0 unspecified atom stereocenters. The van der Waals surface area contributed by atoms with Crippen molar-refractivity contribution in [3.63, 3.8) is 0 Å². The number of nitrogens with zero attached hydrogens (tertiary/aromatic N) is 2. The number of benzene rings is 1. The van der Waals surface area contributed by atoms with Crippen LogP contribution in [-0.2, 0) is 16.1 Å². The van der Waals surface area contributed by atoms with E-state index in [2.05, 4.69) is 34.5 Å². The SMILES string of the molecule is CC(C)(C(=O)NC1CC1)C(=O)N1CCN(Cc2ccccc2)CC1. The lowest BCUT2D eigenvalue weighted by Crippen LogP contribution is -2.55. The van der Waals surface area contributed by atoms with Crippen molar-refractivity contribution in [3.8, 4) is 0 Å². The van der Waals surface area contributed by atoms with E-state index in [1.54, 1.807) is 13.8 Å². The van der Waals surface area contributed by atoms with Crippen molar-refractivity contribution in [2.45, 2.75) is 39.3 Å². The zero-order chi connectivity index (χ0) is 17.2. The molecule has 2 aliphatic rings. The van der Waals surface area contributed by atoms with Gasteiger partial charge in [0.2, 0.25) is 11.8 Å². The number of carbonyl (C=O) groups excluding carboxylic acids is 2. The van der Waals surface area contributed by atoms with E-state index in [1.807, 2.05) is 11.0 Å². The summed E-state index contributed by atoms with van der Waals surface area (Å²) in [5, 5.41) is 2.96. The maximum Gasteiger partial charge on any atom is 0.237 e. The first kappa shape index (κ1) is 17.0. The van der Waals surface area contributed by atoms with Crippen LogP contribution in [0.3, 0.4) is 0 Å². The molecule has 1 saturated heterocycles. The molecule has 5 heteroatoms. The molecule has 0 spiro atoms. The molecule has 24 heavy (non-hydrogen) atoms. The molecule has 1 aliphatic carbocycles. The fraction of sp³-hybridized carbons (Fsp3) is 0.579. The van der Waals surface area contributed by atoms with Crippen molar-refractivity contribution >= 4 is 11.8 Å². The van der Waals surface area contributed by atoms with Crippen molar-refractivity contribution in [1.29, 1.82) is 0 Å². The van der Waals surface area contributed by atoms with E-state index in [4.69, 9.17) is 0 Å². The Morgan fingerprint density at radius 1 is 1.08 bits per heavy atom. The Hall–Kier alpha value is -1.88. The van der Waals surface area contributed by atoms with Crippen LogP contribution in [0.15, 0.2) is 30.3 Å². The van der Waals surface area contributed by atoms with Crippen LogP contribution in [0.2, 0.25) is 0 Å². The van der Waals surface area contributed by atoms with Gasteiger partial charge < -0.3 is 10.2 Å². The first-order chi connectivity index (χ1) is 11.5. The number of hydrogen-bond donors (Lipinski definition) is 1. The summed E-state index contributed by atoms with van der Waals surface area (Å²) in [6.45, 7) is 7.46. The number of hydrogen-bond acceptors (Lipinski definition) is 3. The van der Waals surface area contributed by atoms with Crippen molar-refractivity contribution in [3.05, 3.63) is 35.9 Å². The molecular formula is C19H27N3O2. The third-order valence-corrected chi connectivity index (χ3v) is 4.92. The molecule has 1 aromatic carbocycles. The molecule has 3 rings (SSSR count). The fourth-order valence-electron chi connectivity index (χ4n) is 3.04. The Morgan fingerprint density at radius 3 is 2.29 bits per heavy atom. The number of carbonyl (C=O) groups is 2. The van der Waals surface area contributed by atoms with Gasteiger partial charge in [-0.3, -0.25) is 14.5 Å². The third-order valence-electron chi connectivity index (χ3n) is 4.92. The minimum absolute atomic E-state index is 0.0555. The fourth-order valence-corrected chi connectivity index (χ4v) is 3.04. The molecule has 2 amide bonds. The van der Waals surface area contributed by atoms with Crippen molar-refractivity contribution < 1.29 is 9.59 Å². The molecule has 0 radical (unpaired) electrons. The van der Waals surface area contributed by atoms with Gasteiger partial charge in [-0.2, -0.15) is 0 Å². The van der Waals surface area contributed by atoms with Gasteiger partial charge in [-0.1, -0.05) is 30.3 Å². The Balaban J connectivity index is 1.51. The second-order valence-corrected chi connectivity index (χ2v) is 7.43. The minimum atomic E-state index is -0.982. The van der Waals surface area contributed by atoms with Crippen LogP contribution in [0.4, 0.5) is 0 Å². The van der Waals surface area contributed by atoms with E-state index in [0.717, 1.165) is 32.5 Å². The Kier molecular flexibility index (Phi) is 4.90. The molecule has 0 aromatic heterocycles. The Bertz CT molecular complexity index is 588. The van der Waals surface area contributed by atoms with Gasteiger partial charge in [-0.05, 0) is 32.3 Å². The van der Waals surface area contributed by atoms with Gasteiger partial charge in [-0.25, -0.2) is 0 Å². The monoisotopic (exact) mass is 329 g/mol. The largest absolute Gasteiger partial charge is 0.352 e. The smallest absolute Gasteiger partial charge is 0.237 e. The van der Waals surface area contributed by atoms with Crippen LogP contribution in [0.25, 0.3) is 0 Å². The van der Waals surface area contributed by atoms with E-state index in [-0.39, 0.29) is 17.9 Å². The van der Waals surface area contributed by atoms with E-state index in [0.29, 0.717) is 13.1 Å². The van der Waals surface area contributed by atoms with Crippen LogP contribution < -0.4 is 5.32 Å². The van der Waals surface area contributed by atoms with Crippen LogP contribution in [0, 0.1) is 5.41 Å². The van der Waals surface area contributed by atoms with Gasteiger partial charge in [0.1, 0.15) is 5.41 Å². The van der Waals surface area contributed by atoms with Gasteiger partial charge >= 0.3 is 0 Å². The standard InChI is InChI=1S/C19H27N3O2/c1-19(2,17(23)20-16-8-9-16)18(24)22-12-10-21(11-13-22)14-15-6-4-3-5-7-15/h3-7,16H,8-14H2,1-2H3,(H,20,23). The second-order valence-electron chi connectivity index (χ2n) is 7.43. The maximum absolute atomic E-state index is 12.8. The quantitative estimate of drug-likeness (QED) is 0.836. The van der Waals surface area contributed by atoms with Gasteiger partial charge in [0, 0.05) is 38.8 Å². The molecule has 1 aromatic rings. The summed E-state index contributed by atoms with van der Waals surface area (Å²) in [6.07, 6.45) is 2.07. The summed E-state index contributed by atoms with van der Waals surface area (Å²) in [7, 11) is 0. The summed E-state index contributed by atoms with van der Waals surface area (Å²) < 4.78 is 0. The summed E-state index contributed by atoms with van der Waals surface area (Å²) in [5.74, 6) is -0.193. The Morgan fingerprint density at radius 2 is 1.71 bits per heavy atom. The average molecular weight is 329 g/mol. The molecule has 0 bridgehead atoms. The summed E-state index contributed by atoms with van der Waals surface area (Å²) >= 11 is 0. The van der Waals surface area contributed by atoms with Crippen molar-refractivity contribution in [2.24, 2.45) is 5.41 Å². The highest BCUT2D eigenvalue weighted by atomic mass is 16.2. The van der Waals surface area contributed by atoms with E-state index < -0.39 is 5.41 Å². The van der Waals surface area contributed by atoms with Crippen LogP contribution >= 0.6 is 0 Å². The van der Waals surface area contributed by atoms with Gasteiger partial charge in [-0.15, -0.1) is 0 Å². The predicted molar refractivity (Wildman–Crippen MR) is 93.2 cm³/mol. The van der Waals surface area contributed by atoms with Gasteiger partial charge in [0.25, 0.3) is 0 Å². The number of nitrogens with one attached hydrogen (secondary N) is 1. The van der Waals surface area contributed by atoms with Gasteiger partial charge in [0.15, 0.2) is 0 Å². The third kappa shape index (κ3) is 3.96. The van der Waals surface area contributed by atoms with E-state index in [9.17, 15) is 9.59 Å². The molecule has 1 aliphatic heterocycles. The minimum Gasteiger partial charge on any atom is -0.352 e. The zero-order valence-electron chi connectivity index (χ0n) is 14.6. The van der Waals surface area contributed by atoms with Crippen molar-refractivity contribution in [2.75, 3.05) is 26.2 Å². The predicted octanol–water partition coefficient (Wildman–Crippen LogP) is 1.64. The molecule has 130 valence electrons. The molecule has 1 N–H and O–H groups in total. The molecule has 1 saturated carbocycles. The highest BCUT2D eigenvalue weighted by Gasteiger charge is 2.41. The maximum atomic E-state index is 12.8. The lowest BCUT2D eigenvalue weighted by atomic mass is 9.90. The highest BCUT2D eigenvalue weighted by Crippen LogP contribution is 2.25. The van der Waals surface area contributed by atoms with Crippen LogP contribution in [0.1, 0.15) is 32.3 Å². The summed E-state index contributed by atoms with van der Waals surface area (Å²) in [5.41, 5.74) is 0.311. The molecular weight excluding hydrogens is 302 g/mol. The first-order valence-electron chi connectivity index (χ1n) is 8.83. The molecule has 5 nitrogen and oxygen atoms in total. The van der Waals surface area contributed by atoms with E-state index in [1.165, 1.54) is 5.56 Å².